The van der Waals surface area contributed by atoms with E-state index in [0.717, 1.165) is 21.3 Å². The van der Waals surface area contributed by atoms with Crippen LogP contribution in [0.3, 0.4) is 0 Å². The summed E-state index contributed by atoms with van der Waals surface area (Å²) in [6, 6.07) is 7.89. The van der Waals surface area contributed by atoms with Crippen molar-refractivity contribution >= 4 is 40.1 Å². The summed E-state index contributed by atoms with van der Waals surface area (Å²) in [6.45, 7) is 0. The van der Waals surface area contributed by atoms with Crippen molar-refractivity contribution in [3.63, 3.8) is 0 Å². The molecule has 80 valence electrons. The molecular formula is C12H13IOS. The summed E-state index contributed by atoms with van der Waals surface area (Å²) in [7, 11) is 0. The third-order valence-electron chi connectivity index (χ3n) is 2.58. The van der Waals surface area contributed by atoms with E-state index < -0.39 is 0 Å². The van der Waals surface area contributed by atoms with Gasteiger partial charge in [-0.05, 0) is 53.3 Å². The number of rotatable bonds is 2. The lowest BCUT2D eigenvalue weighted by molar-refractivity contribution is 0.0985. The first-order valence-electron chi connectivity index (χ1n) is 5.19. The fourth-order valence-corrected chi connectivity index (χ4v) is 3.59. The van der Waals surface area contributed by atoms with Crippen molar-refractivity contribution in [2.45, 2.75) is 24.5 Å². The van der Waals surface area contributed by atoms with E-state index in [0.29, 0.717) is 5.78 Å². The predicted octanol–water partition coefficient (Wildman–Crippen LogP) is 3.76. The largest absolute Gasteiger partial charge is 0.293 e. The Morgan fingerprint density at radius 1 is 1.40 bits per heavy atom. The van der Waals surface area contributed by atoms with Gasteiger partial charge >= 0.3 is 0 Å². The fraction of sp³-hybridized carbons (Fsp3) is 0.417. The molecule has 15 heavy (non-hydrogen) atoms. The van der Waals surface area contributed by atoms with Crippen LogP contribution in [0.4, 0.5) is 0 Å². The van der Waals surface area contributed by atoms with Crippen molar-refractivity contribution < 1.29 is 4.79 Å². The molecule has 1 atom stereocenters. The zero-order valence-electron chi connectivity index (χ0n) is 8.41. The van der Waals surface area contributed by atoms with E-state index in [2.05, 4.69) is 22.6 Å². The predicted molar refractivity (Wildman–Crippen MR) is 73.6 cm³/mol. The van der Waals surface area contributed by atoms with Crippen LogP contribution in [0.2, 0.25) is 0 Å². The van der Waals surface area contributed by atoms with E-state index in [4.69, 9.17) is 0 Å². The summed E-state index contributed by atoms with van der Waals surface area (Å²) in [5, 5.41) is 0.206. The van der Waals surface area contributed by atoms with Gasteiger partial charge in [-0.1, -0.05) is 18.6 Å². The molecule has 0 N–H and O–H groups in total. The minimum Gasteiger partial charge on any atom is -0.293 e. The second kappa shape index (κ2) is 5.34. The van der Waals surface area contributed by atoms with E-state index in [1.165, 1.54) is 12.8 Å². The highest BCUT2D eigenvalue weighted by Crippen LogP contribution is 2.28. The highest BCUT2D eigenvalue weighted by Gasteiger charge is 2.22. The Kier molecular flexibility index (Phi) is 4.08. The van der Waals surface area contributed by atoms with Crippen LogP contribution in [0, 0.1) is 3.57 Å². The Labute approximate surface area is 108 Å². The van der Waals surface area contributed by atoms with E-state index in [1.807, 2.05) is 36.0 Å². The van der Waals surface area contributed by atoms with Crippen LogP contribution in [0.15, 0.2) is 24.3 Å². The summed E-state index contributed by atoms with van der Waals surface area (Å²) < 4.78 is 1.14. The van der Waals surface area contributed by atoms with Gasteiger partial charge < -0.3 is 0 Å². The number of halogens is 1. The molecule has 0 radical (unpaired) electrons. The normalized spacial score (nSPS) is 21.3. The SMILES string of the molecule is O=C(c1cccc(I)c1)C1CCCCS1. The molecule has 3 heteroatoms. The van der Waals surface area contributed by atoms with Gasteiger partial charge in [0, 0.05) is 9.13 Å². The molecule has 2 rings (SSSR count). The second-order valence-corrected chi connectivity index (χ2v) is 6.29. The van der Waals surface area contributed by atoms with Gasteiger partial charge in [0.1, 0.15) is 0 Å². The third kappa shape index (κ3) is 2.97. The van der Waals surface area contributed by atoms with Crippen molar-refractivity contribution in [3.8, 4) is 0 Å². The maximum atomic E-state index is 12.1. The summed E-state index contributed by atoms with van der Waals surface area (Å²) in [6.07, 6.45) is 3.52. The molecule has 1 aliphatic rings. The molecule has 1 aromatic rings. The van der Waals surface area contributed by atoms with Crippen molar-refractivity contribution in [1.82, 2.24) is 0 Å². The van der Waals surface area contributed by atoms with Gasteiger partial charge in [-0.3, -0.25) is 4.79 Å². The molecule has 0 spiro atoms. The lowest BCUT2D eigenvalue weighted by Crippen LogP contribution is -2.20. The van der Waals surface area contributed by atoms with Crippen molar-refractivity contribution in [2.24, 2.45) is 0 Å². The number of ketones is 1. The number of carbonyl (C=O) groups excluding carboxylic acids is 1. The summed E-state index contributed by atoms with van der Waals surface area (Å²) >= 11 is 4.07. The maximum Gasteiger partial charge on any atom is 0.175 e. The molecule has 1 aromatic carbocycles. The standard InChI is InChI=1S/C12H13IOS/c13-10-5-3-4-9(8-10)12(14)11-6-1-2-7-15-11/h3-5,8,11H,1-2,6-7H2. The van der Waals surface area contributed by atoms with Crippen LogP contribution in [0.5, 0.6) is 0 Å². The Hall–Kier alpha value is -0.0300. The highest BCUT2D eigenvalue weighted by molar-refractivity contribution is 14.1. The molecule has 0 bridgehead atoms. The molecule has 1 aliphatic heterocycles. The molecule has 1 unspecified atom stereocenters. The zero-order chi connectivity index (χ0) is 10.7. The van der Waals surface area contributed by atoms with Crippen molar-refractivity contribution in [1.29, 1.82) is 0 Å². The number of thioether (sulfide) groups is 1. The minimum atomic E-state index is 0.206. The Morgan fingerprint density at radius 2 is 2.27 bits per heavy atom. The van der Waals surface area contributed by atoms with Gasteiger partial charge in [0.15, 0.2) is 5.78 Å². The molecule has 0 amide bonds. The molecular weight excluding hydrogens is 319 g/mol. The first-order chi connectivity index (χ1) is 7.27. The van der Waals surface area contributed by atoms with Crippen molar-refractivity contribution in [3.05, 3.63) is 33.4 Å². The average molecular weight is 332 g/mol. The van der Waals surface area contributed by atoms with E-state index in [-0.39, 0.29) is 5.25 Å². The molecule has 0 aromatic heterocycles. The van der Waals surface area contributed by atoms with E-state index >= 15 is 0 Å². The van der Waals surface area contributed by atoms with Gasteiger partial charge in [0.05, 0.1) is 5.25 Å². The number of benzene rings is 1. The number of hydrogen-bond donors (Lipinski definition) is 0. The maximum absolute atomic E-state index is 12.1. The van der Waals surface area contributed by atoms with Crippen LogP contribution in [0.1, 0.15) is 29.6 Å². The highest BCUT2D eigenvalue weighted by atomic mass is 127. The van der Waals surface area contributed by atoms with Crippen LogP contribution >= 0.6 is 34.4 Å². The van der Waals surface area contributed by atoms with E-state index in [9.17, 15) is 4.79 Å². The number of hydrogen-bond acceptors (Lipinski definition) is 2. The molecule has 1 heterocycles. The Balaban J connectivity index is 2.12. The summed E-state index contributed by atoms with van der Waals surface area (Å²) in [5.74, 6) is 1.46. The minimum absolute atomic E-state index is 0.206. The van der Waals surface area contributed by atoms with Crippen molar-refractivity contribution in [2.75, 3.05) is 5.75 Å². The lowest BCUT2D eigenvalue weighted by atomic mass is 10.0. The fourth-order valence-electron chi connectivity index (χ4n) is 1.78. The Bertz CT molecular complexity index is 358. The van der Waals surface area contributed by atoms with Crippen LogP contribution < -0.4 is 0 Å². The van der Waals surface area contributed by atoms with Gasteiger partial charge in [-0.2, -0.15) is 11.8 Å². The molecule has 0 aliphatic carbocycles. The van der Waals surface area contributed by atoms with Crippen LogP contribution in [0.25, 0.3) is 0 Å². The smallest absolute Gasteiger partial charge is 0.175 e. The number of Topliss-reactive ketones (excluding diaryl/α,β-unsaturated/α-hetero) is 1. The second-order valence-electron chi connectivity index (χ2n) is 3.73. The first-order valence-corrected chi connectivity index (χ1v) is 7.31. The monoisotopic (exact) mass is 332 g/mol. The van der Waals surface area contributed by atoms with Gasteiger partial charge in [-0.25, -0.2) is 0 Å². The van der Waals surface area contributed by atoms with Gasteiger partial charge in [-0.15, -0.1) is 0 Å². The molecule has 1 nitrogen and oxygen atoms in total. The lowest BCUT2D eigenvalue weighted by Gasteiger charge is -2.19. The van der Waals surface area contributed by atoms with Gasteiger partial charge in [0.25, 0.3) is 0 Å². The third-order valence-corrected chi connectivity index (χ3v) is 4.63. The summed E-state index contributed by atoms with van der Waals surface area (Å²) in [5.41, 5.74) is 0.876. The zero-order valence-corrected chi connectivity index (χ0v) is 11.4. The number of carbonyl (C=O) groups is 1. The first kappa shape index (κ1) is 11.5. The molecule has 1 saturated heterocycles. The molecule has 1 fully saturated rings. The Morgan fingerprint density at radius 3 is 2.93 bits per heavy atom. The summed E-state index contributed by atoms with van der Waals surface area (Å²) in [4.78, 5) is 12.1. The quantitative estimate of drug-likeness (QED) is 0.606. The van der Waals surface area contributed by atoms with Gasteiger partial charge in [0.2, 0.25) is 0 Å². The topological polar surface area (TPSA) is 17.1 Å². The van der Waals surface area contributed by atoms with E-state index in [1.54, 1.807) is 0 Å². The van der Waals surface area contributed by atoms with Crippen LogP contribution in [-0.2, 0) is 0 Å². The molecule has 0 saturated carbocycles. The van der Waals surface area contributed by atoms with Crippen LogP contribution in [-0.4, -0.2) is 16.8 Å². The average Bonchev–Trinajstić information content (AvgIpc) is 2.29.